The number of imidazole rings is 1. The van der Waals surface area contributed by atoms with E-state index in [4.69, 9.17) is 4.74 Å². The number of nitrogens with zero attached hydrogens (tertiary/aromatic N) is 6. The van der Waals surface area contributed by atoms with Crippen molar-refractivity contribution in [3.8, 4) is 22.7 Å². The minimum absolute atomic E-state index is 0.0455. The maximum atomic E-state index is 13.5. The van der Waals surface area contributed by atoms with Gasteiger partial charge in [0.15, 0.2) is 0 Å². The Hall–Kier alpha value is -3.68. The summed E-state index contributed by atoms with van der Waals surface area (Å²) in [6.45, 7) is 6.41. The van der Waals surface area contributed by atoms with Crippen LogP contribution < -0.4 is 4.74 Å². The highest BCUT2D eigenvalue weighted by atomic mass is 16.5. The lowest BCUT2D eigenvalue weighted by molar-refractivity contribution is -0.134. The maximum absolute atomic E-state index is 13.5. The molecule has 176 valence electrons. The summed E-state index contributed by atoms with van der Waals surface area (Å²) in [6, 6.07) is 5.53. The first-order valence-electron chi connectivity index (χ1n) is 11.5. The first-order valence-corrected chi connectivity index (χ1v) is 11.5. The number of carbonyl (C=O) groups excluding carboxylic acids is 1. The Morgan fingerprint density at radius 2 is 1.94 bits per heavy atom. The lowest BCUT2D eigenvalue weighted by Crippen LogP contribution is -2.43. The van der Waals surface area contributed by atoms with Crippen LogP contribution in [0.1, 0.15) is 32.0 Å². The highest BCUT2D eigenvalue weighted by molar-refractivity contribution is 5.81. The molecule has 8 nitrogen and oxygen atoms in total. The number of aryl methyl sites for hydroxylation is 1. The van der Waals surface area contributed by atoms with E-state index >= 15 is 0 Å². The van der Waals surface area contributed by atoms with Crippen molar-refractivity contribution in [1.29, 1.82) is 0 Å². The molecule has 3 unspecified atom stereocenters. The van der Waals surface area contributed by atoms with E-state index in [-0.39, 0.29) is 23.3 Å². The minimum Gasteiger partial charge on any atom is -0.495 e. The predicted octanol–water partition coefficient (Wildman–Crippen LogP) is 3.99. The predicted molar refractivity (Wildman–Crippen MR) is 130 cm³/mol. The molecule has 1 aromatic carbocycles. The number of likely N-dealkylation sites (N-methyl/N-ethyl adjacent to an activating group) is 1. The number of rotatable bonds is 4. The van der Waals surface area contributed by atoms with E-state index in [9.17, 15) is 4.79 Å². The van der Waals surface area contributed by atoms with Crippen molar-refractivity contribution in [1.82, 2.24) is 29.4 Å². The molecule has 3 atom stereocenters. The van der Waals surface area contributed by atoms with Gasteiger partial charge in [0.05, 0.1) is 37.1 Å². The Morgan fingerprint density at radius 1 is 1.15 bits per heavy atom. The molecule has 3 heterocycles. The van der Waals surface area contributed by atoms with Crippen LogP contribution in [0.3, 0.4) is 0 Å². The topological polar surface area (TPSA) is 78.1 Å². The van der Waals surface area contributed by atoms with Crippen LogP contribution in [0.2, 0.25) is 0 Å². The van der Waals surface area contributed by atoms with Crippen LogP contribution in [0.4, 0.5) is 0 Å². The first kappa shape index (κ1) is 22.1. The molecule has 0 spiro atoms. The number of carbonyl (C=O) groups is 1. The monoisotopic (exact) mass is 458 g/mol. The molecular weight excluding hydrogens is 428 g/mol. The van der Waals surface area contributed by atoms with Crippen LogP contribution in [0.15, 0.2) is 61.2 Å². The van der Waals surface area contributed by atoms with Crippen LogP contribution in [0.5, 0.6) is 5.75 Å². The Labute approximate surface area is 199 Å². The summed E-state index contributed by atoms with van der Waals surface area (Å²) in [5.41, 5.74) is 3.31. The molecule has 1 saturated heterocycles. The molecule has 8 heteroatoms. The third-order valence-electron chi connectivity index (χ3n) is 7.10. The van der Waals surface area contributed by atoms with Gasteiger partial charge < -0.3 is 14.2 Å². The summed E-state index contributed by atoms with van der Waals surface area (Å²) in [6.07, 6.45) is 14.7. The second-order valence-corrected chi connectivity index (χ2v) is 9.84. The summed E-state index contributed by atoms with van der Waals surface area (Å²) in [5, 5.41) is 8.80. The van der Waals surface area contributed by atoms with Crippen molar-refractivity contribution in [3.05, 3.63) is 66.9 Å². The fourth-order valence-corrected chi connectivity index (χ4v) is 5.16. The first-order chi connectivity index (χ1) is 16.3. The number of aromatic nitrogens is 5. The maximum Gasteiger partial charge on any atom is 0.247 e. The van der Waals surface area contributed by atoms with Gasteiger partial charge in [-0.2, -0.15) is 0 Å². The third-order valence-corrected chi connectivity index (χ3v) is 7.10. The fourth-order valence-electron chi connectivity index (χ4n) is 5.16. The summed E-state index contributed by atoms with van der Waals surface area (Å²) in [4.78, 5) is 19.6. The van der Waals surface area contributed by atoms with Crippen molar-refractivity contribution >= 4 is 5.91 Å². The smallest absolute Gasteiger partial charge is 0.247 e. The van der Waals surface area contributed by atoms with Crippen molar-refractivity contribution < 1.29 is 9.53 Å². The van der Waals surface area contributed by atoms with Crippen LogP contribution in [0.25, 0.3) is 16.9 Å². The zero-order chi connectivity index (χ0) is 24.0. The van der Waals surface area contributed by atoms with E-state index in [2.05, 4.69) is 47.4 Å². The number of ether oxygens (including phenoxy) is 1. The minimum atomic E-state index is -0.413. The molecule has 3 aromatic rings. The lowest BCUT2D eigenvalue weighted by Gasteiger charge is -2.38. The summed E-state index contributed by atoms with van der Waals surface area (Å²) in [7, 11) is 3.53. The quantitative estimate of drug-likeness (QED) is 0.591. The average Bonchev–Trinajstić information content (AvgIpc) is 3.49. The van der Waals surface area contributed by atoms with E-state index < -0.39 is 6.04 Å². The number of methoxy groups -OCH3 is 1. The number of benzene rings is 1. The average molecular weight is 459 g/mol. The Balaban J connectivity index is 1.47. The number of hydrogen-bond acceptors (Lipinski definition) is 5. The number of allylic oxidation sites excluding steroid dienone is 2. The van der Waals surface area contributed by atoms with Gasteiger partial charge in [0.25, 0.3) is 0 Å². The van der Waals surface area contributed by atoms with Crippen LogP contribution in [-0.2, 0) is 4.79 Å². The van der Waals surface area contributed by atoms with Crippen LogP contribution in [-0.4, -0.2) is 55.6 Å². The zero-order valence-corrected chi connectivity index (χ0v) is 20.2. The number of hydrogen-bond donors (Lipinski definition) is 0. The van der Waals surface area contributed by atoms with Gasteiger partial charge in [-0.3, -0.25) is 4.79 Å². The van der Waals surface area contributed by atoms with Crippen LogP contribution >= 0.6 is 0 Å². The SMILES string of the molecule is COc1cc(-c2cn(C3CC(C)(C)C4C=CC=CC4N(C)C3=O)nn2)ccc1-n1cnc(C)c1. The molecule has 34 heavy (non-hydrogen) atoms. The highest BCUT2D eigenvalue weighted by Gasteiger charge is 2.45. The van der Waals surface area contributed by atoms with Crippen molar-refractivity contribution in [3.63, 3.8) is 0 Å². The van der Waals surface area contributed by atoms with Gasteiger partial charge in [-0.25, -0.2) is 9.67 Å². The standard InChI is InChI=1S/C26H30N6O2/c1-17-14-31(16-27-17)22-11-10-18(12-24(22)34-5)20-15-32(29-28-20)23-13-26(2,3)19-8-6-7-9-21(19)30(4)25(23)33/h6-12,14-16,19,21,23H,13H2,1-5H3. The number of amides is 1. The second-order valence-electron chi connectivity index (χ2n) is 9.84. The molecule has 1 fully saturated rings. The van der Waals surface area contributed by atoms with Gasteiger partial charge in [-0.1, -0.05) is 49.4 Å². The second kappa shape index (κ2) is 8.27. The van der Waals surface area contributed by atoms with Crippen LogP contribution in [0, 0.1) is 18.3 Å². The Morgan fingerprint density at radius 3 is 2.68 bits per heavy atom. The van der Waals surface area contributed by atoms with Gasteiger partial charge in [0, 0.05) is 24.7 Å². The van der Waals surface area contributed by atoms with E-state index in [0.717, 1.165) is 16.9 Å². The van der Waals surface area contributed by atoms with Crippen molar-refractivity contribution in [2.24, 2.45) is 11.3 Å². The summed E-state index contributed by atoms with van der Waals surface area (Å²) in [5.74, 6) is 1.02. The van der Waals surface area contributed by atoms with Gasteiger partial charge in [-0.05, 0) is 30.9 Å². The fraction of sp³-hybridized carbons (Fsp3) is 0.385. The molecule has 0 radical (unpaired) electrons. The van der Waals surface area contributed by atoms with Gasteiger partial charge in [0.1, 0.15) is 17.5 Å². The summed E-state index contributed by atoms with van der Waals surface area (Å²) >= 11 is 0. The Kier molecular flexibility index (Phi) is 5.38. The summed E-state index contributed by atoms with van der Waals surface area (Å²) < 4.78 is 9.30. The van der Waals surface area contributed by atoms with Gasteiger partial charge in [0.2, 0.25) is 5.91 Å². The zero-order valence-electron chi connectivity index (χ0n) is 20.2. The van der Waals surface area contributed by atoms with Gasteiger partial charge >= 0.3 is 0 Å². The Bertz CT molecular complexity index is 1280. The van der Waals surface area contributed by atoms with E-state index in [1.54, 1.807) is 18.1 Å². The molecule has 0 N–H and O–H groups in total. The molecule has 1 aliphatic heterocycles. The largest absolute Gasteiger partial charge is 0.495 e. The normalized spacial score (nSPS) is 23.6. The lowest BCUT2D eigenvalue weighted by atomic mass is 9.71. The van der Waals surface area contributed by atoms with E-state index in [1.807, 2.05) is 60.1 Å². The molecular formula is C26H30N6O2. The molecule has 0 saturated carbocycles. The number of fused-ring (bicyclic) bond motifs is 1. The van der Waals surface area contributed by atoms with E-state index in [0.29, 0.717) is 17.9 Å². The van der Waals surface area contributed by atoms with Crippen molar-refractivity contribution in [2.75, 3.05) is 14.2 Å². The molecule has 5 rings (SSSR count). The molecule has 1 amide bonds. The molecule has 2 aliphatic rings. The molecule has 2 aromatic heterocycles. The van der Waals surface area contributed by atoms with Crippen molar-refractivity contribution in [2.45, 2.75) is 39.3 Å². The van der Waals surface area contributed by atoms with Gasteiger partial charge in [-0.15, -0.1) is 5.10 Å². The van der Waals surface area contributed by atoms with E-state index in [1.165, 1.54) is 0 Å². The molecule has 1 aliphatic carbocycles. The molecule has 0 bridgehead atoms. The third kappa shape index (κ3) is 3.73. The number of likely N-dealkylation sites (tertiary alicyclic amines) is 1. The highest BCUT2D eigenvalue weighted by Crippen LogP contribution is 2.44.